The molecule has 0 bridgehead atoms. The quantitative estimate of drug-likeness (QED) is 0.740. The van der Waals surface area contributed by atoms with E-state index in [2.05, 4.69) is 59.3 Å². The predicted molar refractivity (Wildman–Crippen MR) is 65.3 cm³/mol. The summed E-state index contributed by atoms with van der Waals surface area (Å²) in [5, 5.41) is 2.57. The smallest absolute Gasteiger partial charge is 0.0253 e. The third-order valence-electron chi connectivity index (χ3n) is 2.36. The van der Waals surface area contributed by atoms with Crippen LogP contribution in [0.25, 0.3) is 10.8 Å². The van der Waals surface area contributed by atoms with E-state index < -0.39 is 0 Å². The topological polar surface area (TPSA) is 0 Å². The van der Waals surface area contributed by atoms with E-state index in [0.717, 1.165) is 12.8 Å². The van der Waals surface area contributed by atoms with E-state index in [0.29, 0.717) is 0 Å². The number of halogens is 1. The molecule has 0 fully saturated rings. The van der Waals surface area contributed by atoms with Crippen LogP contribution in [-0.2, 0) is 6.42 Å². The molecule has 0 saturated carbocycles. The van der Waals surface area contributed by atoms with Crippen LogP contribution in [0.3, 0.4) is 0 Å². The molecule has 14 heavy (non-hydrogen) atoms. The lowest BCUT2D eigenvalue weighted by molar-refractivity contribution is 1.00. The van der Waals surface area contributed by atoms with Crippen LogP contribution in [0.1, 0.15) is 12.0 Å². The summed E-state index contributed by atoms with van der Waals surface area (Å²) in [4.78, 5) is 0. The van der Waals surface area contributed by atoms with Gasteiger partial charge >= 0.3 is 0 Å². The molecule has 0 aliphatic rings. The van der Waals surface area contributed by atoms with Gasteiger partial charge in [-0.15, -0.1) is 0 Å². The van der Waals surface area contributed by atoms with Crippen molar-refractivity contribution < 1.29 is 0 Å². The van der Waals surface area contributed by atoms with Gasteiger partial charge in [-0.1, -0.05) is 53.2 Å². The normalized spacial score (nSPS) is 10.7. The van der Waals surface area contributed by atoms with E-state index in [1.165, 1.54) is 20.8 Å². The van der Waals surface area contributed by atoms with Gasteiger partial charge in [-0.05, 0) is 35.2 Å². The zero-order valence-electron chi connectivity index (χ0n) is 7.96. The van der Waals surface area contributed by atoms with Gasteiger partial charge in [0.05, 0.1) is 0 Å². The van der Waals surface area contributed by atoms with Crippen LogP contribution in [0.5, 0.6) is 0 Å². The molecule has 0 atom stereocenters. The minimum atomic E-state index is 0.954. The van der Waals surface area contributed by atoms with Crippen molar-refractivity contribution in [2.75, 3.05) is 0 Å². The Hall–Kier alpha value is -0.820. The van der Waals surface area contributed by atoms with Gasteiger partial charge in [-0.2, -0.15) is 0 Å². The van der Waals surface area contributed by atoms with Gasteiger partial charge < -0.3 is 0 Å². The first-order valence-corrected chi connectivity index (χ1v) is 5.57. The van der Waals surface area contributed by atoms with Gasteiger partial charge in [0.1, 0.15) is 0 Å². The minimum Gasteiger partial charge on any atom is -0.0605 e. The lowest BCUT2D eigenvalue weighted by Crippen LogP contribution is -1.83. The number of benzene rings is 2. The molecular formula is C13H12Br. The highest BCUT2D eigenvalue weighted by Gasteiger charge is 1.98. The standard InChI is InChI=1S/C13H12Br/c1-2-4-10-7-8-11-5-3-6-13(14)12(11)9-10/h3,5-9H,1-2,4H2. The van der Waals surface area contributed by atoms with E-state index >= 15 is 0 Å². The molecule has 0 unspecified atom stereocenters. The summed E-state index contributed by atoms with van der Waals surface area (Å²) in [5.74, 6) is 0. The third-order valence-corrected chi connectivity index (χ3v) is 3.05. The molecule has 0 nitrogen and oxygen atoms in total. The molecule has 0 spiro atoms. The number of aryl methyl sites for hydroxylation is 1. The Labute approximate surface area is 93.1 Å². The largest absolute Gasteiger partial charge is 0.0605 e. The summed E-state index contributed by atoms with van der Waals surface area (Å²) in [6, 6.07) is 12.9. The second-order valence-electron chi connectivity index (χ2n) is 3.40. The third kappa shape index (κ3) is 1.83. The second kappa shape index (κ2) is 4.14. The molecule has 2 rings (SSSR count). The molecule has 0 aromatic heterocycles. The molecular weight excluding hydrogens is 236 g/mol. The Morgan fingerprint density at radius 2 is 2.00 bits per heavy atom. The van der Waals surface area contributed by atoms with Gasteiger partial charge in [-0.25, -0.2) is 0 Å². The molecule has 2 aromatic rings. The molecule has 0 saturated heterocycles. The van der Waals surface area contributed by atoms with Crippen molar-refractivity contribution in [1.29, 1.82) is 0 Å². The number of fused-ring (bicyclic) bond motifs is 1. The second-order valence-corrected chi connectivity index (χ2v) is 4.25. The number of hydrogen-bond donors (Lipinski definition) is 0. The molecule has 2 aromatic carbocycles. The fourth-order valence-corrected chi connectivity index (χ4v) is 2.14. The molecule has 0 aliphatic heterocycles. The van der Waals surface area contributed by atoms with Gasteiger partial charge in [0.15, 0.2) is 0 Å². The Bertz CT molecular complexity index is 446. The van der Waals surface area contributed by atoms with Gasteiger partial charge in [0.2, 0.25) is 0 Å². The van der Waals surface area contributed by atoms with Gasteiger partial charge in [0.25, 0.3) is 0 Å². The van der Waals surface area contributed by atoms with Crippen LogP contribution >= 0.6 is 15.9 Å². The maximum absolute atomic E-state index is 3.87. The van der Waals surface area contributed by atoms with Crippen LogP contribution in [0.15, 0.2) is 40.9 Å². The van der Waals surface area contributed by atoms with Crippen molar-refractivity contribution >= 4 is 26.7 Å². The molecule has 1 radical (unpaired) electrons. The van der Waals surface area contributed by atoms with E-state index in [-0.39, 0.29) is 0 Å². The Morgan fingerprint density at radius 1 is 1.14 bits per heavy atom. The zero-order valence-corrected chi connectivity index (χ0v) is 9.55. The number of rotatable bonds is 2. The lowest BCUT2D eigenvalue weighted by Gasteiger charge is -2.03. The fourth-order valence-electron chi connectivity index (χ4n) is 1.64. The minimum absolute atomic E-state index is 0.954. The van der Waals surface area contributed by atoms with Crippen LogP contribution in [0, 0.1) is 6.92 Å². The summed E-state index contributed by atoms with van der Waals surface area (Å²) >= 11 is 3.57. The fraction of sp³-hybridized carbons (Fsp3) is 0.154. The summed E-state index contributed by atoms with van der Waals surface area (Å²) < 4.78 is 1.17. The summed E-state index contributed by atoms with van der Waals surface area (Å²) in [6.07, 6.45) is 2.01. The lowest BCUT2D eigenvalue weighted by atomic mass is 10.0. The average molecular weight is 248 g/mol. The Morgan fingerprint density at radius 3 is 2.79 bits per heavy atom. The highest BCUT2D eigenvalue weighted by molar-refractivity contribution is 9.10. The van der Waals surface area contributed by atoms with Crippen molar-refractivity contribution in [3.63, 3.8) is 0 Å². The highest BCUT2D eigenvalue weighted by atomic mass is 79.9. The average Bonchev–Trinajstić information content (AvgIpc) is 2.20. The van der Waals surface area contributed by atoms with Crippen LogP contribution in [0.2, 0.25) is 0 Å². The SMILES string of the molecule is [CH2]CCc1ccc2cccc(Br)c2c1. The molecule has 0 aliphatic carbocycles. The zero-order chi connectivity index (χ0) is 9.97. The van der Waals surface area contributed by atoms with E-state index in [1.807, 2.05) is 0 Å². The first-order chi connectivity index (χ1) is 6.81. The van der Waals surface area contributed by atoms with Crippen molar-refractivity contribution in [3.8, 4) is 0 Å². The monoisotopic (exact) mass is 247 g/mol. The molecule has 0 N–H and O–H groups in total. The Kier molecular flexibility index (Phi) is 2.87. The maximum atomic E-state index is 3.87. The van der Waals surface area contributed by atoms with Gasteiger partial charge in [-0.3, -0.25) is 0 Å². The Balaban J connectivity index is 2.58. The van der Waals surface area contributed by atoms with E-state index in [4.69, 9.17) is 0 Å². The van der Waals surface area contributed by atoms with Crippen molar-refractivity contribution in [3.05, 3.63) is 53.4 Å². The molecule has 1 heteroatoms. The number of hydrogen-bond acceptors (Lipinski definition) is 0. The van der Waals surface area contributed by atoms with Crippen LogP contribution < -0.4 is 0 Å². The summed E-state index contributed by atoms with van der Waals surface area (Å²) in [5.41, 5.74) is 1.36. The van der Waals surface area contributed by atoms with Crippen molar-refractivity contribution in [2.24, 2.45) is 0 Å². The van der Waals surface area contributed by atoms with Crippen molar-refractivity contribution in [2.45, 2.75) is 12.8 Å². The highest BCUT2D eigenvalue weighted by Crippen LogP contribution is 2.25. The van der Waals surface area contributed by atoms with E-state index in [9.17, 15) is 0 Å². The van der Waals surface area contributed by atoms with Crippen molar-refractivity contribution in [1.82, 2.24) is 0 Å². The maximum Gasteiger partial charge on any atom is 0.0253 e. The van der Waals surface area contributed by atoms with Gasteiger partial charge in [0, 0.05) is 4.47 Å². The summed E-state index contributed by atoms with van der Waals surface area (Å²) in [7, 11) is 0. The predicted octanol–water partition coefficient (Wildman–Crippen LogP) is 4.37. The molecule has 0 heterocycles. The van der Waals surface area contributed by atoms with Crippen LogP contribution in [-0.4, -0.2) is 0 Å². The molecule has 71 valence electrons. The first-order valence-electron chi connectivity index (χ1n) is 4.77. The molecule has 0 amide bonds. The first kappa shape index (κ1) is 9.72. The van der Waals surface area contributed by atoms with E-state index in [1.54, 1.807) is 0 Å². The van der Waals surface area contributed by atoms with Crippen LogP contribution in [0.4, 0.5) is 0 Å². The summed E-state index contributed by atoms with van der Waals surface area (Å²) in [6.45, 7) is 3.87.